The Morgan fingerprint density at radius 1 is 1.03 bits per heavy atom. The van der Waals surface area contributed by atoms with E-state index in [0.29, 0.717) is 30.1 Å². The van der Waals surface area contributed by atoms with Gasteiger partial charge in [-0.2, -0.15) is 13.2 Å². The molecular formula is C27H24F3N7O. The molecule has 0 atom stereocenters. The summed E-state index contributed by atoms with van der Waals surface area (Å²) in [5, 5.41) is 10.6. The molecule has 8 nitrogen and oxygen atoms in total. The number of fused-ring (bicyclic) bond motifs is 1. The fraction of sp³-hybridized carbons (Fsp3) is 0.259. The number of aromatic nitrogens is 4. The number of hydrogen-bond acceptors (Lipinski definition) is 6. The van der Waals surface area contributed by atoms with Crippen molar-refractivity contribution < 1.29 is 18.0 Å². The highest BCUT2D eigenvalue weighted by Crippen LogP contribution is 2.34. The molecule has 38 heavy (non-hydrogen) atoms. The lowest BCUT2D eigenvalue weighted by Crippen LogP contribution is -2.44. The molecule has 0 radical (unpaired) electrons. The number of likely N-dealkylation sites (N-methyl/N-ethyl adjacent to an activating group) is 1. The van der Waals surface area contributed by atoms with Crippen LogP contribution in [0.5, 0.6) is 0 Å². The number of hydrogen-bond donors (Lipinski definition) is 1. The average Bonchev–Trinajstić information content (AvgIpc) is 3.32. The first-order valence-corrected chi connectivity index (χ1v) is 12.0. The average molecular weight is 520 g/mol. The Morgan fingerprint density at radius 3 is 2.63 bits per heavy atom. The van der Waals surface area contributed by atoms with E-state index in [1.165, 1.54) is 30.6 Å². The lowest BCUT2D eigenvalue weighted by Gasteiger charge is -2.33. The molecule has 4 aromatic rings. The van der Waals surface area contributed by atoms with E-state index < -0.39 is 17.6 Å². The van der Waals surface area contributed by atoms with Crippen LogP contribution in [0.2, 0.25) is 0 Å². The van der Waals surface area contributed by atoms with Gasteiger partial charge in [0.15, 0.2) is 5.65 Å². The number of benzene rings is 1. The number of rotatable bonds is 4. The Kier molecular flexibility index (Phi) is 7.09. The third kappa shape index (κ3) is 5.82. The van der Waals surface area contributed by atoms with Crippen molar-refractivity contribution >= 4 is 17.2 Å². The second kappa shape index (κ2) is 10.6. The first-order chi connectivity index (χ1) is 18.3. The molecule has 1 aliphatic heterocycles. The molecule has 0 saturated carbocycles. The summed E-state index contributed by atoms with van der Waals surface area (Å²) >= 11 is 0. The summed E-state index contributed by atoms with van der Waals surface area (Å²) in [6.45, 7) is 3.21. The smallest absolute Gasteiger partial charge is 0.322 e. The van der Waals surface area contributed by atoms with Gasteiger partial charge in [-0.3, -0.25) is 19.1 Å². The number of pyridine rings is 2. The second-order valence-corrected chi connectivity index (χ2v) is 9.07. The number of amides is 1. The number of anilines is 1. The van der Waals surface area contributed by atoms with E-state index >= 15 is 0 Å². The third-order valence-electron chi connectivity index (χ3n) is 6.30. The Labute approximate surface area is 217 Å². The van der Waals surface area contributed by atoms with E-state index in [1.54, 1.807) is 16.7 Å². The molecule has 0 aliphatic carbocycles. The van der Waals surface area contributed by atoms with Gasteiger partial charge in [0.05, 0.1) is 11.1 Å². The fourth-order valence-electron chi connectivity index (χ4n) is 4.19. The molecular weight excluding hydrogens is 495 g/mol. The Balaban J connectivity index is 1.32. The summed E-state index contributed by atoms with van der Waals surface area (Å²) in [4.78, 5) is 21.1. The van der Waals surface area contributed by atoms with Gasteiger partial charge in [-0.05, 0) is 48.9 Å². The second-order valence-electron chi connectivity index (χ2n) is 9.07. The molecule has 5 rings (SSSR count). The molecule has 1 fully saturated rings. The van der Waals surface area contributed by atoms with Crippen LogP contribution in [0.3, 0.4) is 0 Å². The maximum atomic E-state index is 13.9. The monoisotopic (exact) mass is 519 g/mol. The van der Waals surface area contributed by atoms with Crippen LogP contribution in [0.15, 0.2) is 61.1 Å². The fourth-order valence-corrected chi connectivity index (χ4v) is 4.19. The number of carbonyl (C=O) groups is 1. The number of nitrogens with one attached hydrogen (secondary N) is 1. The molecule has 1 saturated heterocycles. The molecule has 1 amide bonds. The standard InChI is InChI=1S/C27H24F3N7O/c1-35-10-12-36(13-11-35)18-20-6-7-22(15-23(20)27(28,29)30)32-26(38)21-14-19(16-31-17-21)5-8-25-34-33-24-4-2-3-9-37(24)25/h2-4,6-7,9,14-17H,10-13,18H2,1H3,(H,32,38). The molecule has 0 spiro atoms. The summed E-state index contributed by atoms with van der Waals surface area (Å²) in [7, 11) is 1.99. The zero-order valence-electron chi connectivity index (χ0n) is 20.5. The Bertz CT molecular complexity index is 1530. The highest BCUT2D eigenvalue weighted by atomic mass is 19.4. The number of piperazine rings is 1. The summed E-state index contributed by atoms with van der Waals surface area (Å²) in [6, 6.07) is 10.9. The topological polar surface area (TPSA) is 78.7 Å². The van der Waals surface area contributed by atoms with E-state index in [9.17, 15) is 18.0 Å². The predicted molar refractivity (Wildman–Crippen MR) is 135 cm³/mol. The maximum absolute atomic E-state index is 13.9. The van der Waals surface area contributed by atoms with E-state index in [-0.39, 0.29) is 23.4 Å². The van der Waals surface area contributed by atoms with Gasteiger partial charge in [-0.25, -0.2) is 0 Å². The summed E-state index contributed by atoms with van der Waals surface area (Å²) < 4.78 is 43.4. The molecule has 1 aliphatic rings. The van der Waals surface area contributed by atoms with Gasteiger partial charge in [0.1, 0.15) is 0 Å². The van der Waals surface area contributed by atoms with E-state index in [2.05, 4.69) is 37.2 Å². The quantitative estimate of drug-likeness (QED) is 0.416. The number of halogens is 3. The van der Waals surface area contributed by atoms with Gasteiger partial charge in [0.25, 0.3) is 5.91 Å². The van der Waals surface area contributed by atoms with Crippen LogP contribution in [-0.4, -0.2) is 68.5 Å². The van der Waals surface area contributed by atoms with Crippen LogP contribution in [0.4, 0.5) is 18.9 Å². The van der Waals surface area contributed by atoms with Crippen LogP contribution in [0, 0.1) is 11.8 Å². The van der Waals surface area contributed by atoms with Crippen LogP contribution in [0.1, 0.15) is 32.9 Å². The predicted octanol–water partition coefficient (Wildman–Crippen LogP) is 3.54. The normalized spacial score (nSPS) is 14.7. The largest absolute Gasteiger partial charge is 0.416 e. The molecule has 0 unspecified atom stereocenters. The van der Waals surface area contributed by atoms with E-state index in [1.807, 2.05) is 24.1 Å². The van der Waals surface area contributed by atoms with Crippen molar-refractivity contribution in [2.45, 2.75) is 12.7 Å². The minimum absolute atomic E-state index is 0.0517. The molecule has 0 bridgehead atoms. The van der Waals surface area contributed by atoms with Crippen molar-refractivity contribution in [1.82, 2.24) is 29.4 Å². The van der Waals surface area contributed by atoms with Gasteiger partial charge < -0.3 is 10.2 Å². The first kappa shape index (κ1) is 25.4. The summed E-state index contributed by atoms with van der Waals surface area (Å²) in [5.41, 5.74) is 0.737. The van der Waals surface area contributed by atoms with Crippen LogP contribution in [-0.2, 0) is 12.7 Å². The summed E-state index contributed by atoms with van der Waals surface area (Å²) in [5.74, 6) is 5.64. The molecule has 4 heterocycles. The first-order valence-electron chi connectivity index (χ1n) is 12.0. The molecule has 1 N–H and O–H groups in total. The summed E-state index contributed by atoms with van der Waals surface area (Å²) in [6.07, 6.45) is 0.0555. The minimum Gasteiger partial charge on any atom is -0.322 e. The van der Waals surface area contributed by atoms with Crippen LogP contribution >= 0.6 is 0 Å². The minimum atomic E-state index is -4.55. The Morgan fingerprint density at radius 2 is 1.84 bits per heavy atom. The molecule has 1 aromatic carbocycles. The molecule has 3 aromatic heterocycles. The van der Waals surface area contributed by atoms with Crippen molar-refractivity contribution in [1.29, 1.82) is 0 Å². The van der Waals surface area contributed by atoms with Crippen molar-refractivity contribution in [2.75, 3.05) is 38.5 Å². The van der Waals surface area contributed by atoms with Crippen LogP contribution < -0.4 is 5.32 Å². The van der Waals surface area contributed by atoms with Gasteiger partial charge >= 0.3 is 6.18 Å². The SMILES string of the molecule is CN1CCN(Cc2ccc(NC(=O)c3cncc(C#Cc4nnc5ccccn45)c3)cc2C(F)(F)F)CC1. The van der Waals surface area contributed by atoms with Crippen molar-refractivity contribution in [2.24, 2.45) is 0 Å². The van der Waals surface area contributed by atoms with Gasteiger partial charge in [0, 0.05) is 62.6 Å². The third-order valence-corrected chi connectivity index (χ3v) is 6.30. The molecule has 194 valence electrons. The lowest BCUT2D eigenvalue weighted by molar-refractivity contribution is -0.138. The van der Waals surface area contributed by atoms with Gasteiger partial charge in [0.2, 0.25) is 5.82 Å². The van der Waals surface area contributed by atoms with Crippen molar-refractivity contribution in [3.8, 4) is 11.8 Å². The Hall–Kier alpha value is -4.27. The molecule has 11 heteroatoms. The number of nitrogens with zero attached hydrogens (tertiary/aromatic N) is 6. The zero-order chi connectivity index (χ0) is 26.7. The highest BCUT2D eigenvalue weighted by molar-refractivity contribution is 6.04. The lowest BCUT2D eigenvalue weighted by atomic mass is 10.0. The number of carbonyl (C=O) groups excluding carboxylic acids is 1. The van der Waals surface area contributed by atoms with Gasteiger partial charge in [-0.15, -0.1) is 10.2 Å². The highest BCUT2D eigenvalue weighted by Gasteiger charge is 2.34. The zero-order valence-corrected chi connectivity index (χ0v) is 20.5. The van der Waals surface area contributed by atoms with Crippen molar-refractivity contribution in [3.63, 3.8) is 0 Å². The van der Waals surface area contributed by atoms with E-state index in [0.717, 1.165) is 19.2 Å². The van der Waals surface area contributed by atoms with Gasteiger partial charge in [-0.1, -0.05) is 18.1 Å². The van der Waals surface area contributed by atoms with Crippen LogP contribution in [0.25, 0.3) is 5.65 Å². The number of alkyl halides is 3. The van der Waals surface area contributed by atoms with E-state index in [4.69, 9.17) is 0 Å². The maximum Gasteiger partial charge on any atom is 0.416 e. The van der Waals surface area contributed by atoms with Crippen molar-refractivity contribution in [3.05, 3.63) is 89.1 Å².